The predicted molar refractivity (Wildman–Crippen MR) is 77.3 cm³/mol. The first-order valence-corrected chi connectivity index (χ1v) is 7.53. The summed E-state index contributed by atoms with van der Waals surface area (Å²) in [7, 11) is 0. The van der Waals surface area contributed by atoms with E-state index in [1.165, 1.54) is 30.4 Å². The van der Waals surface area contributed by atoms with Gasteiger partial charge in [0.15, 0.2) is 0 Å². The fourth-order valence-electron chi connectivity index (χ4n) is 3.70. The van der Waals surface area contributed by atoms with Crippen LogP contribution in [-0.2, 0) is 19.5 Å². The Bertz CT molecular complexity index is 631. The molecule has 1 unspecified atom stereocenters. The first-order chi connectivity index (χ1) is 9.83. The summed E-state index contributed by atoms with van der Waals surface area (Å²) < 4.78 is 2.26. The molecule has 0 fully saturated rings. The van der Waals surface area contributed by atoms with E-state index in [2.05, 4.69) is 43.9 Å². The van der Waals surface area contributed by atoms with Crippen LogP contribution >= 0.6 is 0 Å². The molecule has 1 aliphatic heterocycles. The van der Waals surface area contributed by atoms with Crippen molar-refractivity contribution in [1.82, 2.24) is 19.7 Å². The summed E-state index contributed by atoms with van der Waals surface area (Å²) in [5.41, 5.74) is 3.07. The molecule has 2 aromatic rings. The number of hydrogen-bond acceptors (Lipinski definition) is 3. The average molecular weight is 268 g/mol. The van der Waals surface area contributed by atoms with Crippen LogP contribution < -0.4 is 0 Å². The molecule has 1 atom stereocenters. The third-order valence-electron chi connectivity index (χ3n) is 4.75. The maximum atomic E-state index is 4.33. The van der Waals surface area contributed by atoms with Gasteiger partial charge in [-0.2, -0.15) is 0 Å². The lowest BCUT2D eigenvalue weighted by Crippen LogP contribution is -2.38. The number of hydrogen-bond donors (Lipinski definition) is 0. The highest BCUT2D eigenvalue weighted by Gasteiger charge is 2.29. The molecule has 1 aromatic carbocycles. The minimum absolute atomic E-state index is 0.561. The quantitative estimate of drug-likeness (QED) is 0.797. The molecule has 0 spiro atoms. The second kappa shape index (κ2) is 4.70. The molecule has 0 amide bonds. The molecule has 20 heavy (non-hydrogen) atoms. The molecular formula is C16H20N4. The Morgan fingerprint density at radius 2 is 2.05 bits per heavy atom. The van der Waals surface area contributed by atoms with E-state index in [0.717, 1.165) is 31.3 Å². The molecule has 2 aliphatic rings. The Labute approximate surface area is 119 Å². The first kappa shape index (κ1) is 12.1. The van der Waals surface area contributed by atoms with Crippen molar-refractivity contribution < 1.29 is 0 Å². The minimum Gasteiger partial charge on any atom is -0.313 e. The maximum Gasteiger partial charge on any atom is 0.147 e. The molecule has 104 valence electrons. The van der Waals surface area contributed by atoms with E-state index in [4.69, 9.17) is 0 Å². The number of rotatable bonds is 1. The van der Waals surface area contributed by atoms with Crippen LogP contribution in [0, 0.1) is 6.92 Å². The summed E-state index contributed by atoms with van der Waals surface area (Å²) in [4.78, 5) is 2.58. The number of fused-ring (bicyclic) bond motifs is 2. The molecule has 0 radical (unpaired) electrons. The summed E-state index contributed by atoms with van der Waals surface area (Å²) >= 11 is 0. The van der Waals surface area contributed by atoms with E-state index in [9.17, 15) is 0 Å². The molecule has 0 saturated heterocycles. The van der Waals surface area contributed by atoms with E-state index in [-0.39, 0.29) is 0 Å². The number of benzene rings is 1. The summed E-state index contributed by atoms with van der Waals surface area (Å²) in [5, 5.41) is 8.54. The highest BCUT2D eigenvalue weighted by atomic mass is 15.3. The van der Waals surface area contributed by atoms with Crippen LogP contribution in [0.5, 0.6) is 0 Å². The topological polar surface area (TPSA) is 34.0 Å². The van der Waals surface area contributed by atoms with E-state index < -0.39 is 0 Å². The molecule has 4 heteroatoms. The van der Waals surface area contributed by atoms with E-state index in [0.29, 0.717) is 6.04 Å². The van der Waals surface area contributed by atoms with Crippen LogP contribution in [0.4, 0.5) is 0 Å². The lowest BCUT2D eigenvalue weighted by Gasteiger charge is -2.38. The van der Waals surface area contributed by atoms with Crippen molar-refractivity contribution in [3.63, 3.8) is 0 Å². The molecule has 0 N–H and O–H groups in total. The van der Waals surface area contributed by atoms with Crippen molar-refractivity contribution in [3.05, 3.63) is 47.0 Å². The van der Waals surface area contributed by atoms with Gasteiger partial charge in [-0.3, -0.25) is 4.90 Å². The SMILES string of the molecule is Cc1nnc2n1CCN(C1CCCc3ccccc31)C2. The Hall–Kier alpha value is -1.68. The summed E-state index contributed by atoms with van der Waals surface area (Å²) in [6.45, 7) is 5.10. The van der Waals surface area contributed by atoms with E-state index in [1.54, 1.807) is 0 Å². The first-order valence-electron chi connectivity index (χ1n) is 7.53. The molecule has 4 nitrogen and oxygen atoms in total. The van der Waals surface area contributed by atoms with Gasteiger partial charge in [0.1, 0.15) is 11.6 Å². The third kappa shape index (κ3) is 1.86. The Morgan fingerprint density at radius 1 is 1.15 bits per heavy atom. The molecular weight excluding hydrogens is 248 g/mol. The Morgan fingerprint density at radius 3 is 3.00 bits per heavy atom. The summed E-state index contributed by atoms with van der Waals surface area (Å²) in [5.74, 6) is 2.17. The van der Waals surface area contributed by atoms with Crippen molar-refractivity contribution >= 4 is 0 Å². The van der Waals surface area contributed by atoms with Crippen molar-refractivity contribution in [2.24, 2.45) is 0 Å². The smallest absolute Gasteiger partial charge is 0.147 e. The van der Waals surface area contributed by atoms with Gasteiger partial charge in [-0.05, 0) is 37.3 Å². The summed E-state index contributed by atoms with van der Waals surface area (Å²) in [6, 6.07) is 9.50. The standard InChI is InChI=1S/C16H20N4/c1-12-17-18-16-11-19(9-10-20(12)16)15-8-4-6-13-5-2-3-7-14(13)15/h2-3,5,7,15H,4,6,8-11H2,1H3. The lowest BCUT2D eigenvalue weighted by atomic mass is 9.86. The second-order valence-corrected chi connectivity index (χ2v) is 5.89. The van der Waals surface area contributed by atoms with Crippen molar-refractivity contribution in [3.8, 4) is 0 Å². The third-order valence-corrected chi connectivity index (χ3v) is 4.75. The predicted octanol–water partition coefficient (Wildman–Crippen LogP) is 2.48. The molecule has 2 heterocycles. The van der Waals surface area contributed by atoms with Gasteiger partial charge in [-0.1, -0.05) is 24.3 Å². The fraction of sp³-hybridized carbons (Fsp3) is 0.500. The molecule has 0 saturated carbocycles. The summed E-state index contributed by atoms with van der Waals surface area (Å²) in [6.07, 6.45) is 3.80. The minimum atomic E-state index is 0.561. The average Bonchev–Trinajstić information content (AvgIpc) is 2.87. The zero-order valence-corrected chi connectivity index (χ0v) is 11.9. The van der Waals surface area contributed by atoms with Gasteiger partial charge in [0, 0.05) is 19.1 Å². The monoisotopic (exact) mass is 268 g/mol. The van der Waals surface area contributed by atoms with Gasteiger partial charge >= 0.3 is 0 Å². The van der Waals surface area contributed by atoms with Gasteiger partial charge in [-0.15, -0.1) is 10.2 Å². The number of aromatic nitrogens is 3. The van der Waals surface area contributed by atoms with E-state index >= 15 is 0 Å². The van der Waals surface area contributed by atoms with Crippen LogP contribution in [0.2, 0.25) is 0 Å². The molecule has 0 bridgehead atoms. The van der Waals surface area contributed by atoms with Gasteiger partial charge in [0.2, 0.25) is 0 Å². The van der Waals surface area contributed by atoms with Gasteiger partial charge in [0.25, 0.3) is 0 Å². The van der Waals surface area contributed by atoms with Crippen LogP contribution in [0.3, 0.4) is 0 Å². The van der Waals surface area contributed by atoms with E-state index in [1.807, 2.05) is 6.92 Å². The van der Waals surface area contributed by atoms with Gasteiger partial charge in [-0.25, -0.2) is 0 Å². The highest BCUT2D eigenvalue weighted by Crippen LogP contribution is 2.35. The fourth-order valence-corrected chi connectivity index (χ4v) is 3.70. The number of nitrogens with zero attached hydrogens (tertiary/aromatic N) is 4. The maximum absolute atomic E-state index is 4.33. The molecule has 1 aromatic heterocycles. The van der Waals surface area contributed by atoms with Crippen LogP contribution in [0.15, 0.2) is 24.3 Å². The number of aryl methyl sites for hydroxylation is 2. The van der Waals surface area contributed by atoms with Crippen LogP contribution in [0.25, 0.3) is 0 Å². The van der Waals surface area contributed by atoms with Gasteiger partial charge < -0.3 is 4.57 Å². The van der Waals surface area contributed by atoms with Crippen LogP contribution in [0.1, 0.15) is 41.7 Å². The lowest BCUT2D eigenvalue weighted by molar-refractivity contribution is 0.137. The Kier molecular flexibility index (Phi) is 2.84. The normalized spacial score (nSPS) is 22.4. The second-order valence-electron chi connectivity index (χ2n) is 5.89. The zero-order valence-electron chi connectivity index (χ0n) is 11.9. The van der Waals surface area contributed by atoms with Crippen molar-refractivity contribution in [1.29, 1.82) is 0 Å². The molecule has 1 aliphatic carbocycles. The van der Waals surface area contributed by atoms with Crippen molar-refractivity contribution in [2.75, 3.05) is 6.54 Å². The Balaban J connectivity index is 1.64. The van der Waals surface area contributed by atoms with Gasteiger partial charge in [0.05, 0.1) is 6.54 Å². The largest absolute Gasteiger partial charge is 0.313 e. The molecule has 4 rings (SSSR count). The van der Waals surface area contributed by atoms with Crippen molar-refractivity contribution in [2.45, 2.75) is 45.3 Å². The zero-order chi connectivity index (χ0) is 13.5. The van der Waals surface area contributed by atoms with Crippen LogP contribution in [-0.4, -0.2) is 26.2 Å². The highest BCUT2D eigenvalue weighted by molar-refractivity contribution is 5.32.